The molecule has 19 heavy (non-hydrogen) atoms. The summed E-state index contributed by atoms with van der Waals surface area (Å²) >= 11 is 1.90. The average Bonchev–Trinajstić information content (AvgIpc) is 2.96. The number of thiazole rings is 1. The smallest absolute Gasteiger partial charge is 0.0981 e. The van der Waals surface area contributed by atoms with Gasteiger partial charge in [0.05, 0.1) is 10.7 Å². The van der Waals surface area contributed by atoms with Crippen LogP contribution in [0.5, 0.6) is 0 Å². The fourth-order valence-electron chi connectivity index (χ4n) is 3.40. The molecule has 3 heteroatoms. The van der Waals surface area contributed by atoms with E-state index in [-0.39, 0.29) is 0 Å². The van der Waals surface area contributed by atoms with Crippen molar-refractivity contribution in [3.63, 3.8) is 0 Å². The van der Waals surface area contributed by atoms with Gasteiger partial charge in [-0.25, -0.2) is 4.98 Å². The second kappa shape index (κ2) is 4.43. The largest absolute Gasteiger partial charge is 0.327 e. The maximum absolute atomic E-state index is 6.29. The molecule has 4 rings (SSSR count). The molecule has 0 amide bonds. The lowest BCUT2D eigenvalue weighted by molar-refractivity contribution is 0.384. The van der Waals surface area contributed by atoms with Gasteiger partial charge < -0.3 is 5.73 Å². The van der Waals surface area contributed by atoms with Crippen molar-refractivity contribution in [2.75, 3.05) is 0 Å². The molecule has 0 spiro atoms. The molecule has 2 aliphatic rings. The summed E-state index contributed by atoms with van der Waals surface area (Å²) in [6, 6.07) is 8.96. The predicted octanol–water partition coefficient (Wildman–Crippen LogP) is 3.70. The van der Waals surface area contributed by atoms with Gasteiger partial charge in [0.1, 0.15) is 0 Å². The van der Waals surface area contributed by atoms with Gasteiger partial charge in [-0.1, -0.05) is 37.1 Å². The van der Waals surface area contributed by atoms with Crippen molar-refractivity contribution >= 4 is 11.3 Å². The molecule has 2 unspecified atom stereocenters. The Hall–Kier alpha value is -1.19. The lowest BCUT2D eigenvalue weighted by atomic mass is 9.85. The average molecular weight is 270 g/mol. The Morgan fingerprint density at radius 3 is 2.89 bits per heavy atom. The standard InChI is InChI=1S/C16H18N2S/c17-13-8-4-3-7-12(13)16-18-15-11-6-2-1-5-10(11)9-14(15)19-16/h1-2,5-6,12-13H,3-4,7-9,17H2. The van der Waals surface area contributed by atoms with Crippen LogP contribution in [0.4, 0.5) is 0 Å². The highest BCUT2D eigenvalue weighted by molar-refractivity contribution is 7.12. The third-order valence-electron chi connectivity index (χ3n) is 4.47. The lowest BCUT2D eigenvalue weighted by Crippen LogP contribution is -2.31. The van der Waals surface area contributed by atoms with Crippen molar-refractivity contribution in [1.29, 1.82) is 0 Å². The number of hydrogen-bond donors (Lipinski definition) is 1. The Labute approximate surface area is 117 Å². The molecular weight excluding hydrogens is 252 g/mol. The van der Waals surface area contributed by atoms with E-state index in [1.807, 2.05) is 11.3 Å². The monoisotopic (exact) mass is 270 g/mol. The van der Waals surface area contributed by atoms with Crippen LogP contribution in [0.15, 0.2) is 24.3 Å². The Kier molecular flexibility index (Phi) is 2.71. The molecular formula is C16H18N2S. The van der Waals surface area contributed by atoms with Crippen molar-refractivity contribution in [3.05, 3.63) is 39.7 Å². The van der Waals surface area contributed by atoms with Crippen LogP contribution in [0.3, 0.4) is 0 Å². The van der Waals surface area contributed by atoms with Crippen LogP contribution in [0.1, 0.15) is 47.0 Å². The highest BCUT2D eigenvalue weighted by Crippen LogP contribution is 2.43. The highest BCUT2D eigenvalue weighted by atomic mass is 32.1. The van der Waals surface area contributed by atoms with Gasteiger partial charge in [0.15, 0.2) is 0 Å². The van der Waals surface area contributed by atoms with Gasteiger partial charge in [-0.2, -0.15) is 0 Å². The molecule has 0 aliphatic heterocycles. The van der Waals surface area contributed by atoms with E-state index in [9.17, 15) is 0 Å². The fourth-order valence-corrected chi connectivity index (χ4v) is 4.72. The third kappa shape index (κ3) is 1.84. The van der Waals surface area contributed by atoms with E-state index in [4.69, 9.17) is 10.7 Å². The SMILES string of the molecule is NC1CCCCC1c1nc2c(s1)Cc1ccccc1-2. The summed E-state index contributed by atoms with van der Waals surface area (Å²) in [5.41, 5.74) is 10.3. The first kappa shape index (κ1) is 11.6. The number of nitrogens with two attached hydrogens (primary N) is 1. The highest BCUT2D eigenvalue weighted by Gasteiger charge is 2.30. The summed E-state index contributed by atoms with van der Waals surface area (Å²) in [4.78, 5) is 6.38. The van der Waals surface area contributed by atoms with Crippen molar-refractivity contribution in [3.8, 4) is 11.3 Å². The summed E-state index contributed by atoms with van der Waals surface area (Å²) in [6.45, 7) is 0. The minimum Gasteiger partial charge on any atom is -0.327 e. The van der Waals surface area contributed by atoms with Gasteiger partial charge in [0, 0.05) is 28.8 Å². The van der Waals surface area contributed by atoms with Gasteiger partial charge >= 0.3 is 0 Å². The molecule has 1 heterocycles. The molecule has 2 N–H and O–H groups in total. The van der Waals surface area contributed by atoms with Crippen LogP contribution in [0.25, 0.3) is 11.3 Å². The summed E-state index contributed by atoms with van der Waals surface area (Å²) < 4.78 is 0. The Balaban J connectivity index is 1.72. The molecule has 1 saturated carbocycles. The molecule has 0 radical (unpaired) electrons. The van der Waals surface area contributed by atoms with Gasteiger partial charge in [-0.05, 0) is 18.4 Å². The lowest BCUT2D eigenvalue weighted by Gasteiger charge is -2.26. The molecule has 2 atom stereocenters. The zero-order chi connectivity index (χ0) is 12.8. The van der Waals surface area contributed by atoms with E-state index in [0.29, 0.717) is 12.0 Å². The quantitative estimate of drug-likeness (QED) is 0.732. The van der Waals surface area contributed by atoms with Crippen LogP contribution >= 0.6 is 11.3 Å². The number of nitrogens with zero attached hydrogens (tertiary/aromatic N) is 1. The number of fused-ring (bicyclic) bond motifs is 3. The van der Waals surface area contributed by atoms with E-state index >= 15 is 0 Å². The minimum absolute atomic E-state index is 0.315. The third-order valence-corrected chi connectivity index (χ3v) is 5.66. The maximum Gasteiger partial charge on any atom is 0.0981 e. The summed E-state index contributed by atoms with van der Waals surface area (Å²) in [5.74, 6) is 0.497. The Bertz CT molecular complexity index is 617. The van der Waals surface area contributed by atoms with Crippen LogP contribution in [0.2, 0.25) is 0 Å². The van der Waals surface area contributed by atoms with Crippen molar-refractivity contribution in [1.82, 2.24) is 4.98 Å². The Morgan fingerprint density at radius 1 is 1.16 bits per heavy atom. The van der Waals surface area contributed by atoms with Gasteiger partial charge in [-0.15, -0.1) is 11.3 Å². The number of rotatable bonds is 1. The zero-order valence-corrected chi connectivity index (χ0v) is 11.7. The van der Waals surface area contributed by atoms with Crippen LogP contribution in [-0.2, 0) is 6.42 Å². The first-order valence-corrected chi connectivity index (χ1v) is 7.98. The first-order valence-electron chi connectivity index (χ1n) is 7.16. The molecule has 1 aromatic carbocycles. The molecule has 0 bridgehead atoms. The Morgan fingerprint density at radius 2 is 2.00 bits per heavy atom. The molecule has 2 aliphatic carbocycles. The molecule has 1 fully saturated rings. The van der Waals surface area contributed by atoms with Crippen LogP contribution in [-0.4, -0.2) is 11.0 Å². The van der Waals surface area contributed by atoms with Crippen molar-refractivity contribution in [2.45, 2.75) is 44.1 Å². The van der Waals surface area contributed by atoms with E-state index in [2.05, 4.69) is 24.3 Å². The zero-order valence-electron chi connectivity index (χ0n) is 10.9. The number of hydrogen-bond acceptors (Lipinski definition) is 3. The minimum atomic E-state index is 0.315. The summed E-state index contributed by atoms with van der Waals surface area (Å²) in [7, 11) is 0. The second-order valence-corrected chi connectivity index (χ2v) is 6.83. The maximum atomic E-state index is 6.29. The second-order valence-electron chi connectivity index (χ2n) is 5.71. The van der Waals surface area contributed by atoms with Crippen molar-refractivity contribution < 1.29 is 0 Å². The summed E-state index contributed by atoms with van der Waals surface area (Å²) in [6.07, 6.45) is 6.02. The van der Waals surface area contributed by atoms with E-state index in [1.54, 1.807) is 0 Å². The van der Waals surface area contributed by atoms with Gasteiger partial charge in [0.25, 0.3) is 0 Å². The van der Waals surface area contributed by atoms with Crippen LogP contribution < -0.4 is 5.73 Å². The topological polar surface area (TPSA) is 38.9 Å². The van der Waals surface area contributed by atoms with Crippen molar-refractivity contribution in [2.24, 2.45) is 5.73 Å². The van der Waals surface area contributed by atoms with Gasteiger partial charge in [-0.3, -0.25) is 0 Å². The molecule has 1 aromatic heterocycles. The van der Waals surface area contributed by atoms with E-state index in [1.165, 1.54) is 46.0 Å². The molecule has 0 saturated heterocycles. The molecule has 2 aromatic rings. The molecule has 98 valence electrons. The number of benzene rings is 1. The predicted molar refractivity (Wildman–Crippen MR) is 79.5 cm³/mol. The van der Waals surface area contributed by atoms with Gasteiger partial charge in [0.2, 0.25) is 0 Å². The summed E-state index contributed by atoms with van der Waals surface area (Å²) in [5, 5.41) is 1.28. The molecule has 2 nitrogen and oxygen atoms in total. The fraction of sp³-hybridized carbons (Fsp3) is 0.438. The van der Waals surface area contributed by atoms with E-state index < -0.39 is 0 Å². The van der Waals surface area contributed by atoms with Crippen LogP contribution in [0, 0.1) is 0 Å². The normalized spacial score (nSPS) is 25.1. The first-order chi connectivity index (χ1) is 9.33. The number of aromatic nitrogens is 1. The van der Waals surface area contributed by atoms with E-state index in [0.717, 1.165) is 12.8 Å².